The van der Waals surface area contributed by atoms with Crippen LogP contribution < -0.4 is 11.5 Å². The van der Waals surface area contributed by atoms with Gasteiger partial charge in [-0.15, -0.1) is 0 Å². The van der Waals surface area contributed by atoms with Gasteiger partial charge in [0.25, 0.3) is 5.69 Å². The van der Waals surface area contributed by atoms with Crippen LogP contribution in [-0.2, 0) is 0 Å². The molecule has 0 unspecified atom stereocenters. The molecular weight excluding hydrogens is 278 g/mol. The van der Waals surface area contributed by atoms with Gasteiger partial charge in [0, 0.05) is 6.07 Å². The SMILES string of the molecule is Nc1cc(F)c2c(N)c([N+](=O)[O-])cc(F)c2c1[N+](=O)[O-]. The van der Waals surface area contributed by atoms with Crippen LogP contribution in [0, 0.1) is 31.9 Å². The lowest BCUT2D eigenvalue weighted by Gasteiger charge is -2.08. The fraction of sp³-hybridized carbons (Fsp3) is 0. The van der Waals surface area contributed by atoms with Crippen molar-refractivity contribution in [1.82, 2.24) is 0 Å². The second kappa shape index (κ2) is 4.26. The summed E-state index contributed by atoms with van der Waals surface area (Å²) >= 11 is 0. The number of anilines is 2. The molecule has 8 nitrogen and oxygen atoms in total. The Kier molecular flexibility index (Phi) is 2.85. The smallest absolute Gasteiger partial charge is 0.303 e. The molecule has 2 aromatic carbocycles. The quantitative estimate of drug-likeness (QED) is 0.491. The van der Waals surface area contributed by atoms with Crippen molar-refractivity contribution < 1.29 is 18.6 Å². The van der Waals surface area contributed by atoms with E-state index in [0.29, 0.717) is 12.1 Å². The van der Waals surface area contributed by atoms with Crippen LogP contribution in [0.15, 0.2) is 12.1 Å². The van der Waals surface area contributed by atoms with E-state index < -0.39 is 55.0 Å². The van der Waals surface area contributed by atoms with Crippen molar-refractivity contribution >= 4 is 33.5 Å². The molecule has 10 heteroatoms. The van der Waals surface area contributed by atoms with Crippen LogP contribution in [0.3, 0.4) is 0 Å². The molecule has 0 saturated carbocycles. The number of fused-ring (bicyclic) bond motifs is 1. The Morgan fingerprint density at radius 2 is 1.50 bits per heavy atom. The van der Waals surface area contributed by atoms with E-state index in [4.69, 9.17) is 11.5 Å². The van der Waals surface area contributed by atoms with Crippen LogP contribution in [0.25, 0.3) is 10.8 Å². The highest BCUT2D eigenvalue weighted by molar-refractivity contribution is 6.05. The third-order valence-corrected chi connectivity index (χ3v) is 2.71. The lowest BCUT2D eigenvalue weighted by molar-refractivity contribution is -0.384. The molecule has 0 aliphatic carbocycles. The number of hydrogen-bond acceptors (Lipinski definition) is 6. The Labute approximate surface area is 108 Å². The van der Waals surface area contributed by atoms with Gasteiger partial charge < -0.3 is 11.5 Å². The lowest BCUT2D eigenvalue weighted by Crippen LogP contribution is -2.04. The number of halogens is 2. The number of nitrogen functional groups attached to an aromatic ring is 2. The van der Waals surface area contributed by atoms with Crippen molar-refractivity contribution in [3.63, 3.8) is 0 Å². The number of nitrogens with zero attached hydrogens (tertiary/aromatic N) is 2. The first kappa shape index (κ1) is 13.4. The largest absolute Gasteiger partial charge is 0.393 e. The Hall–Kier alpha value is -3.04. The molecule has 2 rings (SSSR count). The highest BCUT2D eigenvalue weighted by Crippen LogP contribution is 2.41. The van der Waals surface area contributed by atoms with Crippen LogP contribution in [0.5, 0.6) is 0 Å². The Bertz CT molecular complexity index is 778. The van der Waals surface area contributed by atoms with Crippen LogP contribution in [0.4, 0.5) is 31.5 Å². The molecule has 0 heterocycles. The van der Waals surface area contributed by atoms with Gasteiger partial charge in [-0.2, -0.15) is 0 Å². The van der Waals surface area contributed by atoms with E-state index in [-0.39, 0.29) is 0 Å². The van der Waals surface area contributed by atoms with E-state index in [1.165, 1.54) is 0 Å². The van der Waals surface area contributed by atoms with Crippen molar-refractivity contribution in [3.8, 4) is 0 Å². The van der Waals surface area contributed by atoms with E-state index in [1.807, 2.05) is 0 Å². The summed E-state index contributed by atoms with van der Waals surface area (Å²) in [6.45, 7) is 0. The average molecular weight is 284 g/mol. The zero-order chi connectivity index (χ0) is 15.2. The second-order valence-electron chi connectivity index (χ2n) is 3.85. The van der Waals surface area contributed by atoms with Crippen molar-refractivity contribution in [2.75, 3.05) is 11.5 Å². The maximum atomic E-state index is 13.9. The zero-order valence-electron chi connectivity index (χ0n) is 9.59. The summed E-state index contributed by atoms with van der Waals surface area (Å²) < 4.78 is 27.7. The first-order chi connectivity index (χ1) is 9.25. The minimum atomic E-state index is -1.35. The molecule has 0 saturated heterocycles. The number of nitro groups is 2. The highest BCUT2D eigenvalue weighted by atomic mass is 19.1. The molecule has 0 atom stereocenters. The van der Waals surface area contributed by atoms with Gasteiger partial charge in [-0.25, -0.2) is 8.78 Å². The highest BCUT2D eigenvalue weighted by Gasteiger charge is 2.29. The van der Waals surface area contributed by atoms with Gasteiger partial charge in [0.15, 0.2) is 0 Å². The zero-order valence-corrected chi connectivity index (χ0v) is 9.59. The summed E-state index contributed by atoms with van der Waals surface area (Å²) in [5.74, 6) is -2.53. The maximum Gasteiger partial charge on any atom is 0.303 e. The van der Waals surface area contributed by atoms with Crippen LogP contribution in [0.2, 0.25) is 0 Å². The van der Waals surface area contributed by atoms with Crippen molar-refractivity contribution in [3.05, 3.63) is 44.0 Å². The summed E-state index contributed by atoms with van der Waals surface area (Å²) in [7, 11) is 0. The van der Waals surface area contributed by atoms with Crippen LogP contribution in [0.1, 0.15) is 0 Å². The normalized spacial score (nSPS) is 10.7. The lowest BCUT2D eigenvalue weighted by atomic mass is 10.0. The van der Waals surface area contributed by atoms with Crippen molar-refractivity contribution in [1.29, 1.82) is 0 Å². The molecule has 0 aliphatic heterocycles. The van der Waals surface area contributed by atoms with E-state index >= 15 is 0 Å². The summed E-state index contributed by atoms with van der Waals surface area (Å²) in [4.78, 5) is 19.6. The fourth-order valence-electron chi connectivity index (χ4n) is 1.90. The Balaban J connectivity index is 3.11. The summed E-state index contributed by atoms with van der Waals surface area (Å²) in [6.07, 6.45) is 0. The van der Waals surface area contributed by atoms with Gasteiger partial charge in [-0.3, -0.25) is 20.2 Å². The molecule has 0 amide bonds. The van der Waals surface area contributed by atoms with E-state index in [9.17, 15) is 29.0 Å². The maximum absolute atomic E-state index is 13.9. The third-order valence-electron chi connectivity index (χ3n) is 2.71. The number of nitro benzene ring substituents is 2. The summed E-state index contributed by atoms with van der Waals surface area (Å²) in [5, 5.41) is 20.0. The first-order valence-corrected chi connectivity index (χ1v) is 5.04. The molecule has 2 aromatic rings. The second-order valence-corrected chi connectivity index (χ2v) is 3.85. The molecular formula is C10H6F2N4O4. The standard InChI is InChI=1S/C10H6F2N4O4/c11-3-1-5(13)10(16(19)20)8-4(12)2-6(15(17)18)9(14)7(3)8/h1-2H,13-14H2. The Morgan fingerprint density at radius 3 is 2.00 bits per heavy atom. The van der Waals surface area contributed by atoms with E-state index in [2.05, 4.69) is 0 Å². The number of rotatable bonds is 2. The predicted molar refractivity (Wildman–Crippen MR) is 66.0 cm³/mol. The number of hydrogen-bond donors (Lipinski definition) is 2. The Morgan fingerprint density at radius 1 is 0.950 bits per heavy atom. The molecule has 0 fully saturated rings. The van der Waals surface area contributed by atoms with Crippen molar-refractivity contribution in [2.45, 2.75) is 0 Å². The van der Waals surface area contributed by atoms with Gasteiger partial charge in [-0.05, 0) is 0 Å². The minimum Gasteiger partial charge on any atom is -0.393 e. The van der Waals surface area contributed by atoms with E-state index in [1.54, 1.807) is 0 Å². The molecule has 20 heavy (non-hydrogen) atoms. The fourth-order valence-corrected chi connectivity index (χ4v) is 1.90. The molecule has 0 bridgehead atoms. The number of nitrogens with two attached hydrogens (primary N) is 2. The van der Waals surface area contributed by atoms with Gasteiger partial charge in [0.2, 0.25) is 0 Å². The summed E-state index contributed by atoms with van der Waals surface area (Å²) in [6, 6.07) is 0.962. The molecule has 0 aliphatic rings. The molecule has 0 aromatic heterocycles. The van der Waals surface area contributed by atoms with Gasteiger partial charge >= 0.3 is 5.69 Å². The first-order valence-electron chi connectivity index (χ1n) is 5.04. The van der Waals surface area contributed by atoms with Gasteiger partial charge in [0.1, 0.15) is 28.4 Å². The van der Waals surface area contributed by atoms with Gasteiger partial charge in [0.05, 0.1) is 21.3 Å². The minimum absolute atomic E-state index is 0.392. The van der Waals surface area contributed by atoms with E-state index in [0.717, 1.165) is 0 Å². The van der Waals surface area contributed by atoms with Crippen LogP contribution >= 0.6 is 0 Å². The molecule has 0 spiro atoms. The average Bonchev–Trinajstić information content (AvgIpc) is 2.31. The molecule has 0 radical (unpaired) electrons. The van der Waals surface area contributed by atoms with Gasteiger partial charge in [-0.1, -0.05) is 0 Å². The topological polar surface area (TPSA) is 138 Å². The van der Waals surface area contributed by atoms with Crippen molar-refractivity contribution in [2.24, 2.45) is 0 Å². The number of benzene rings is 2. The molecule has 104 valence electrons. The summed E-state index contributed by atoms with van der Waals surface area (Å²) in [5.41, 5.74) is 7.60. The molecule has 4 N–H and O–H groups in total. The predicted octanol–water partition coefficient (Wildman–Crippen LogP) is 2.10. The third kappa shape index (κ3) is 1.74. The monoisotopic (exact) mass is 284 g/mol. The van der Waals surface area contributed by atoms with Crippen LogP contribution in [-0.4, -0.2) is 9.85 Å².